The second-order valence-corrected chi connectivity index (χ2v) is 11.9. The molecular weight excluding hydrogens is 650 g/mol. The molecule has 0 saturated carbocycles. The summed E-state index contributed by atoms with van der Waals surface area (Å²) in [5.74, 6) is -6.88. The first-order chi connectivity index (χ1) is 19.0. The van der Waals surface area contributed by atoms with Gasteiger partial charge in [0.25, 0.3) is 0 Å². The highest BCUT2D eigenvalue weighted by Gasteiger charge is 2.57. The molecule has 4 unspecified atom stereocenters. The van der Waals surface area contributed by atoms with E-state index in [1.165, 1.54) is 18.2 Å². The summed E-state index contributed by atoms with van der Waals surface area (Å²) < 4.78 is 0.741. The third-order valence-electron chi connectivity index (χ3n) is 8.10. The minimum absolute atomic E-state index is 0.0416. The number of aromatic hydroxyl groups is 2. The Morgan fingerprint density at radius 2 is 1.68 bits per heavy atom. The van der Waals surface area contributed by atoms with Gasteiger partial charge < -0.3 is 15.3 Å². The van der Waals surface area contributed by atoms with Crippen molar-refractivity contribution in [2.45, 2.75) is 18.8 Å². The minimum atomic E-state index is -1.36. The van der Waals surface area contributed by atoms with E-state index < -0.39 is 53.0 Å². The van der Waals surface area contributed by atoms with Gasteiger partial charge in [0.15, 0.2) is 11.6 Å². The van der Waals surface area contributed by atoms with E-state index in [4.69, 9.17) is 0 Å². The quantitative estimate of drug-likeness (QED) is 0.246. The smallest absolute Gasteiger partial charge is 0.339 e. The third kappa shape index (κ3) is 3.82. The van der Waals surface area contributed by atoms with Crippen LogP contribution in [0.1, 0.15) is 34.7 Å². The lowest BCUT2D eigenvalue weighted by molar-refractivity contribution is -0.123. The van der Waals surface area contributed by atoms with E-state index in [2.05, 4.69) is 31.9 Å². The van der Waals surface area contributed by atoms with Gasteiger partial charge in [-0.15, -0.1) is 0 Å². The fraction of sp³-hybridized carbons (Fsp3) is 0.207. The van der Waals surface area contributed by atoms with Gasteiger partial charge in [-0.3, -0.25) is 19.2 Å². The number of hydrogen-bond acceptors (Lipinski definition) is 7. The molecule has 1 fully saturated rings. The second kappa shape index (κ2) is 9.38. The van der Waals surface area contributed by atoms with Crippen LogP contribution in [0, 0.1) is 17.8 Å². The third-order valence-corrected chi connectivity index (χ3v) is 9.18. The number of phenolic OH excluding ortho intramolecular Hbond substituents is 1. The first kappa shape index (κ1) is 26.4. The van der Waals surface area contributed by atoms with Crippen molar-refractivity contribution in [1.82, 2.24) is 0 Å². The fourth-order valence-corrected chi connectivity index (χ4v) is 7.24. The molecule has 3 N–H and O–H groups in total. The van der Waals surface area contributed by atoms with Gasteiger partial charge in [0, 0.05) is 39.2 Å². The summed E-state index contributed by atoms with van der Waals surface area (Å²) in [6, 6.07) is 8.28. The highest BCUT2D eigenvalue weighted by Crippen LogP contribution is 2.56. The predicted molar refractivity (Wildman–Crippen MR) is 148 cm³/mol. The predicted octanol–water partition coefficient (Wildman–Crippen LogP) is 4.53. The Hall–Kier alpha value is -3.83. The van der Waals surface area contributed by atoms with Gasteiger partial charge in [-0.05, 0) is 65.0 Å². The van der Waals surface area contributed by atoms with Crippen LogP contribution in [0.25, 0.3) is 0 Å². The zero-order chi connectivity index (χ0) is 28.6. The summed E-state index contributed by atoms with van der Waals surface area (Å²) in [7, 11) is 0. The lowest BCUT2D eigenvalue weighted by Gasteiger charge is -2.42. The molecule has 0 bridgehead atoms. The van der Waals surface area contributed by atoms with Crippen molar-refractivity contribution in [2.24, 2.45) is 17.8 Å². The van der Waals surface area contributed by atoms with E-state index in [1.807, 2.05) is 6.08 Å². The molecule has 4 aliphatic rings. The topological polar surface area (TPSA) is 149 Å². The molecule has 2 aromatic rings. The van der Waals surface area contributed by atoms with Gasteiger partial charge in [-0.25, -0.2) is 9.69 Å². The molecule has 0 spiro atoms. The van der Waals surface area contributed by atoms with Crippen molar-refractivity contribution >= 4 is 66.9 Å². The maximum absolute atomic E-state index is 13.9. The van der Waals surface area contributed by atoms with E-state index in [0.29, 0.717) is 15.6 Å². The largest absolute Gasteiger partial charge is 0.508 e. The molecule has 40 heavy (non-hydrogen) atoms. The molecule has 1 aliphatic heterocycles. The molecule has 1 heterocycles. The molecule has 2 amide bonds. The molecule has 11 heteroatoms. The number of allylic oxidation sites excluding steroid dienone is 6. The van der Waals surface area contributed by atoms with Crippen LogP contribution in [-0.4, -0.2) is 44.7 Å². The zero-order valence-corrected chi connectivity index (χ0v) is 23.6. The zero-order valence-electron chi connectivity index (χ0n) is 20.4. The molecule has 9 nitrogen and oxygen atoms in total. The maximum atomic E-state index is 13.9. The van der Waals surface area contributed by atoms with E-state index in [1.54, 1.807) is 12.1 Å². The lowest BCUT2D eigenvalue weighted by Crippen LogP contribution is -2.39. The number of Topliss-reactive ketones (excluding diaryl/α,β-unsaturated/α-hetero) is 1. The average molecular weight is 669 g/mol. The van der Waals surface area contributed by atoms with Crippen LogP contribution in [0.15, 0.2) is 74.2 Å². The summed E-state index contributed by atoms with van der Waals surface area (Å²) >= 11 is 6.59. The van der Waals surface area contributed by atoms with E-state index in [9.17, 15) is 39.3 Å². The molecule has 0 radical (unpaired) electrons. The summed E-state index contributed by atoms with van der Waals surface area (Å²) in [6.07, 6.45) is 3.28. The Kier molecular flexibility index (Phi) is 6.19. The van der Waals surface area contributed by atoms with Crippen LogP contribution in [0.3, 0.4) is 0 Å². The number of nitrogens with zero attached hydrogens (tertiary/aromatic N) is 1. The van der Waals surface area contributed by atoms with Crippen LogP contribution in [0.4, 0.5) is 5.69 Å². The number of anilines is 1. The molecular formula is C29H19Br2NO8. The molecule has 2 aromatic carbocycles. The Balaban J connectivity index is 1.48. The van der Waals surface area contributed by atoms with Crippen molar-refractivity contribution in [3.8, 4) is 11.5 Å². The number of benzene rings is 2. The Morgan fingerprint density at radius 1 is 0.925 bits per heavy atom. The molecule has 6 rings (SSSR count). The number of aromatic carboxylic acids is 1. The van der Waals surface area contributed by atoms with Crippen LogP contribution < -0.4 is 4.90 Å². The normalized spacial score (nSPS) is 25.8. The summed E-state index contributed by atoms with van der Waals surface area (Å²) in [6.45, 7) is 0. The van der Waals surface area contributed by atoms with E-state index in [-0.39, 0.29) is 51.3 Å². The summed E-state index contributed by atoms with van der Waals surface area (Å²) in [4.78, 5) is 66.3. The SMILES string of the molecule is O=C1C=C(Br)C(=O)C2=C1C(c1cc(Br)ccc1O)C1=CCC3C(=O)N(c4ccc(C(=O)O)c(O)c4)C(=O)C3C1C2. The number of carbonyl (C=O) groups is 5. The monoisotopic (exact) mass is 667 g/mol. The average Bonchev–Trinajstić information content (AvgIpc) is 3.17. The molecule has 0 aromatic heterocycles. The standard InChI is InChI=1S/C29H19Br2NO8/c30-11-1-6-20(33)17(7-11)23-13-4-5-15-24(16(13)9-18-25(23)22(35)10-19(31)26(18)36)28(38)32(27(15)37)12-2-3-14(29(39)40)21(34)8-12/h1-4,6-8,10,15-16,23-24,33-34H,5,9H2,(H,39,40). The van der Waals surface area contributed by atoms with Gasteiger partial charge in [0.05, 0.1) is 22.0 Å². The number of rotatable bonds is 3. The number of carboxylic acid groups (broad SMARTS) is 1. The Bertz CT molecular complexity index is 1690. The number of carbonyl (C=O) groups excluding carboxylic acids is 4. The number of ketones is 2. The number of phenols is 2. The van der Waals surface area contributed by atoms with Crippen LogP contribution in [0.2, 0.25) is 0 Å². The van der Waals surface area contributed by atoms with Gasteiger partial charge in [0.1, 0.15) is 17.1 Å². The van der Waals surface area contributed by atoms with Crippen molar-refractivity contribution in [3.05, 3.63) is 85.4 Å². The van der Waals surface area contributed by atoms with Crippen molar-refractivity contribution in [1.29, 1.82) is 0 Å². The molecule has 1 saturated heterocycles. The van der Waals surface area contributed by atoms with Crippen LogP contribution >= 0.6 is 31.9 Å². The lowest BCUT2D eigenvalue weighted by atomic mass is 9.59. The molecule has 202 valence electrons. The number of amides is 2. The number of fused-ring (bicyclic) bond motifs is 3. The first-order valence-electron chi connectivity index (χ1n) is 12.3. The molecule has 4 atom stereocenters. The van der Waals surface area contributed by atoms with Crippen LogP contribution in [0.5, 0.6) is 11.5 Å². The summed E-state index contributed by atoms with van der Waals surface area (Å²) in [5.41, 5.74) is 1.21. The van der Waals surface area contributed by atoms with E-state index >= 15 is 0 Å². The van der Waals surface area contributed by atoms with Crippen molar-refractivity contribution in [3.63, 3.8) is 0 Å². The summed E-state index contributed by atoms with van der Waals surface area (Å²) in [5, 5.41) is 30.3. The minimum Gasteiger partial charge on any atom is -0.508 e. The highest BCUT2D eigenvalue weighted by atomic mass is 79.9. The number of carboxylic acids is 1. The van der Waals surface area contributed by atoms with Gasteiger partial charge in [-0.1, -0.05) is 27.6 Å². The first-order valence-corrected chi connectivity index (χ1v) is 13.9. The highest BCUT2D eigenvalue weighted by molar-refractivity contribution is 9.12. The number of hydrogen-bond donors (Lipinski definition) is 3. The van der Waals surface area contributed by atoms with Crippen molar-refractivity contribution < 1.29 is 39.3 Å². The number of imide groups is 1. The van der Waals surface area contributed by atoms with Crippen molar-refractivity contribution in [2.75, 3.05) is 4.90 Å². The van der Waals surface area contributed by atoms with Gasteiger partial charge >= 0.3 is 5.97 Å². The maximum Gasteiger partial charge on any atom is 0.339 e. The Labute approximate surface area is 243 Å². The fourth-order valence-electron chi connectivity index (χ4n) is 6.41. The van der Waals surface area contributed by atoms with Gasteiger partial charge in [0.2, 0.25) is 11.8 Å². The second-order valence-electron chi connectivity index (χ2n) is 10.1. The Morgan fingerprint density at radius 3 is 2.38 bits per heavy atom. The molecule has 3 aliphatic carbocycles. The van der Waals surface area contributed by atoms with E-state index in [0.717, 1.165) is 17.0 Å². The van der Waals surface area contributed by atoms with Gasteiger partial charge in [-0.2, -0.15) is 0 Å². The van der Waals surface area contributed by atoms with Crippen LogP contribution in [-0.2, 0) is 19.2 Å². The number of halogens is 2.